The molecule has 0 bridgehead atoms. The van der Waals surface area contributed by atoms with Crippen molar-refractivity contribution in [1.29, 1.82) is 0 Å². The van der Waals surface area contributed by atoms with E-state index in [4.69, 9.17) is 4.74 Å². The summed E-state index contributed by atoms with van der Waals surface area (Å²) in [7, 11) is 0. The first-order valence-electron chi connectivity index (χ1n) is 6.85. The standard InChI is InChI=1S/C15H16FN3O2/c16-12-3-1-2-11(8-12)9-15(20)19-6-7-21-10-14(19)13-4-5-17-18-13/h1-5,8,14H,6-7,9-10H2,(H,17,18). The van der Waals surface area contributed by atoms with E-state index < -0.39 is 0 Å². The number of halogens is 1. The number of H-pyrrole nitrogens is 1. The molecule has 6 heteroatoms. The van der Waals surface area contributed by atoms with Crippen LogP contribution in [-0.4, -0.2) is 40.8 Å². The van der Waals surface area contributed by atoms with Crippen LogP contribution < -0.4 is 0 Å². The van der Waals surface area contributed by atoms with Crippen LogP contribution in [0, 0.1) is 5.82 Å². The molecule has 0 saturated carbocycles. The lowest BCUT2D eigenvalue weighted by Gasteiger charge is -2.35. The number of benzene rings is 1. The van der Waals surface area contributed by atoms with Gasteiger partial charge in [0.05, 0.1) is 31.4 Å². The number of aromatic amines is 1. The maximum absolute atomic E-state index is 13.2. The number of rotatable bonds is 3. The number of morpholine rings is 1. The predicted molar refractivity (Wildman–Crippen MR) is 74.0 cm³/mol. The molecule has 0 aliphatic carbocycles. The van der Waals surface area contributed by atoms with Gasteiger partial charge >= 0.3 is 0 Å². The summed E-state index contributed by atoms with van der Waals surface area (Å²) in [5, 5.41) is 6.80. The van der Waals surface area contributed by atoms with E-state index in [-0.39, 0.29) is 24.2 Å². The number of carbonyl (C=O) groups excluding carboxylic acids is 1. The monoisotopic (exact) mass is 289 g/mol. The van der Waals surface area contributed by atoms with Crippen molar-refractivity contribution in [1.82, 2.24) is 15.1 Å². The van der Waals surface area contributed by atoms with Gasteiger partial charge in [0.2, 0.25) is 5.91 Å². The second-order valence-corrected chi connectivity index (χ2v) is 5.00. The van der Waals surface area contributed by atoms with Crippen LogP contribution in [0.2, 0.25) is 0 Å². The number of carbonyl (C=O) groups is 1. The molecule has 1 aromatic carbocycles. The van der Waals surface area contributed by atoms with Crippen molar-refractivity contribution in [2.45, 2.75) is 12.5 Å². The highest BCUT2D eigenvalue weighted by molar-refractivity contribution is 5.79. The summed E-state index contributed by atoms with van der Waals surface area (Å²) in [6.45, 7) is 1.48. The highest BCUT2D eigenvalue weighted by atomic mass is 19.1. The smallest absolute Gasteiger partial charge is 0.227 e. The average molecular weight is 289 g/mol. The Morgan fingerprint density at radius 2 is 2.38 bits per heavy atom. The molecular formula is C15H16FN3O2. The molecule has 1 aliphatic heterocycles. The average Bonchev–Trinajstić information content (AvgIpc) is 3.01. The minimum atomic E-state index is -0.326. The van der Waals surface area contributed by atoms with Gasteiger partial charge in [-0.25, -0.2) is 4.39 Å². The number of ether oxygens (including phenoxy) is 1. The number of hydrogen-bond acceptors (Lipinski definition) is 3. The van der Waals surface area contributed by atoms with E-state index >= 15 is 0 Å². The summed E-state index contributed by atoms with van der Waals surface area (Å²) in [5.41, 5.74) is 1.53. The second-order valence-electron chi connectivity index (χ2n) is 5.00. The van der Waals surface area contributed by atoms with E-state index in [2.05, 4.69) is 10.2 Å². The minimum Gasteiger partial charge on any atom is -0.377 e. The Kier molecular flexibility index (Phi) is 3.96. The Balaban J connectivity index is 1.75. The van der Waals surface area contributed by atoms with E-state index in [1.807, 2.05) is 6.07 Å². The normalized spacial score (nSPS) is 18.7. The molecule has 1 saturated heterocycles. The molecule has 1 N–H and O–H groups in total. The van der Waals surface area contributed by atoms with Crippen molar-refractivity contribution in [2.24, 2.45) is 0 Å². The van der Waals surface area contributed by atoms with Gasteiger partial charge in [-0.05, 0) is 23.8 Å². The molecule has 1 atom stereocenters. The molecule has 0 radical (unpaired) electrons. The fourth-order valence-corrected chi connectivity index (χ4v) is 2.54. The Morgan fingerprint density at radius 3 is 3.14 bits per heavy atom. The van der Waals surface area contributed by atoms with Crippen molar-refractivity contribution in [3.63, 3.8) is 0 Å². The zero-order valence-corrected chi connectivity index (χ0v) is 11.5. The molecule has 1 unspecified atom stereocenters. The van der Waals surface area contributed by atoms with E-state index in [1.54, 1.807) is 23.2 Å². The Labute approximate surface area is 121 Å². The lowest BCUT2D eigenvalue weighted by atomic mass is 10.1. The van der Waals surface area contributed by atoms with Gasteiger partial charge in [-0.3, -0.25) is 9.89 Å². The van der Waals surface area contributed by atoms with E-state index in [1.165, 1.54) is 12.1 Å². The molecule has 0 spiro atoms. The third-order valence-electron chi connectivity index (χ3n) is 3.57. The van der Waals surface area contributed by atoms with Gasteiger partial charge in [-0.15, -0.1) is 0 Å². The van der Waals surface area contributed by atoms with Crippen LogP contribution in [0.15, 0.2) is 36.5 Å². The SMILES string of the molecule is O=C(Cc1cccc(F)c1)N1CCOCC1c1ccn[nH]1. The first-order chi connectivity index (χ1) is 10.2. The first-order valence-corrected chi connectivity index (χ1v) is 6.85. The summed E-state index contributed by atoms with van der Waals surface area (Å²) < 4.78 is 18.7. The van der Waals surface area contributed by atoms with Crippen LogP contribution in [0.4, 0.5) is 4.39 Å². The summed E-state index contributed by atoms with van der Waals surface area (Å²) in [6.07, 6.45) is 1.83. The van der Waals surface area contributed by atoms with Gasteiger partial charge in [0.25, 0.3) is 0 Å². The quantitative estimate of drug-likeness (QED) is 0.935. The molecule has 21 heavy (non-hydrogen) atoms. The highest BCUT2D eigenvalue weighted by Crippen LogP contribution is 2.23. The maximum Gasteiger partial charge on any atom is 0.227 e. The molecule has 5 nitrogen and oxygen atoms in total. The van der Waals surface area contributed by atoms with Gasteiger partial charge in [0, 0.05) is 12.7 Å². The summed E-state index contributed by atoms with van der Waals surface area (Å²) in [6, 6.07) is 7.81. The summed E-state index contributed by atoms with van der Waals surface area (Å²) in [5.74, 6) is -0.365. The zero-order valence-electron chi connectivity index (χ0n) is 11.5. The molecule has 1 aromatic heterocycles. The zero-order chi connectivity index (χ0) is 14.7. The third-order valence-corrected chi connectivity index (χ3v) is 3.57. The molecule has 1 aliphatic rings. The largest absolute Gasteiger partial charge is 0.377 e. The summed E-state index contributed by atoms with van der Waals surface area (Å²) in [4.78, 5) is 14.3. The van der Waals surface area contributed by atoms with Crippen molar-refractivity contribution in [3.05, 3.63) is 53.6 Å². The van der Waals surface area contributed by atoms with Crippen molar-refractivity contribution in [2.75, 3.05) is 19.8 Å². The lowest BCUT2D eigenvalue weighted by molar-refractivity contribution is -0.139. The van der Waals surface area contributed by atoms with Gasteiger partial charge in [0.1, 0.15) is 5.82 Å². The molecule has 1 fully saturated rings. The Bertz CT molecular complexity index is 615. The fraction of sp³-hybridized carbons (Fsp3) is 0.333. The molecule has 3 rings (SSSR count). The van der Waals surface area contributed by atoms with E-state index in [0.717, 1.165) is 5.69 Å². The number of amides is 1. The molecule has 110 valence electrons. The number of nitrogens with one attached hydrogen (secondary N) is 1. The van der Waals surface area contributed by atoms with Gasteiger partial charge in [-0.1, -0.05) is 12.1 Å². The first kappa shape index (κ1) is 13.8. The summed E-state index contributed by atoms with van der Waals surface area (Å²) >= 11 is 0. The second kappa shape index (κ2) is 6.05. The van der Waals surface area contributed by atoms with Crippen molar-refractivity contribution >= 4 is 5.91 Å². The van der Waals surface area contributed by atoms with Gasteiger partial charge in [0.15, 0.2) is 0 Å². The highest BCUT2D eigenvalue weighted by Gasteiger charge is 2.29. The number of aromatic nitrogens is 2. The van der Waals surface area contributed by atoms with Crippen LogP contribution in [-0.2, 0) is 16.0 Å². The minimum absolute atomic E-state index is 0.0384. The predicted octanol–water partition coefficient (Wildman–Crippen LogP) is 1.69. The van der Waals surface area contributed by atoms with Crippen molar-refractivity contribution in [3.8, 4) is 0 Å². The van der Waals surface area contributed by atoms with Gasteiger partial charge in [-0.2, -0.15) is 5.10 Å². The fourth-order valence-electron chi connectivity index (χ4n) is 2.54. The van der Waals surface area contributed by atoms with Crippen LogP contribution >= 0.6 is 0 Å². The van der Waals surface area contributed by atoms with Crippen LogP contribution in [0.3, 0.4) is 0 Å². The Morgan fingerprint density at radius 1 is 1.48 bits per heavy atom. The molecule has 2 aromatic rings. The Hall–Kier alpha value is -2.21. The maximum atomic E-state index is 13.2. The van der Waals surface area contributed by atoms with Crippen molar-refractivity contribution < 1.29 is 13.9 Å². The van der Waals surface area contributed by atoms with E-state index in [0.29, 0.717) is 25.3 Å². The number of hydrogen-bond donors (Lipinski definition) is 1. The lowest BCUT2D eigenvalue weighted by Crippen LogP contribution is -2.44. The number of nitrogens with zero attached hydrogens (tertiary/aromatic N) is 2. The van der Waals surface area contributed by atoms with Crippen LogP contribution in [0.5, 0.6) is 0 Å². The molecular weight excluding hydrogens is 273 g/mol. The van der Waals surface area contributed by atoms with Gasteiger partial charge < -0.3 is 9.64 Å². The molecule has 1 amide bonds. The van der Waals surface area contributed by atoms with Crippen LogP contribution in [0.25, 0.3) is 0 Å². The topological polar surface area (TPSA) is 58.2 Å². The molecule has 2 heterocycles. The third kappa shape index (κ3) is 3.11. The van der Waals surface area contributed by atoms with Crippen LogP contribution in [0.1, 0.15) is 17.3 Å². The van der Waals surface area contributed by atoms with E-state index in [9.17, 15) is 9.18 Å².